The van der Waals surface area contributed by atoms with Crippen molar-refractivity contribution in [2.24, 2.45) is 0 Å². The first-order chi connectivity index (χ1) is 7.55. The Morgan fingerprint density at radius 3 is 2.81 bits per heavy atom. The van der Waals surface area contributed by atoms with Gasteiger partial charge in [0, 0.05) is 5.75 Å². The molecule has 1 aromatic rings. The summed E-state index contributed by atoms with van der Waals surface area (Å²) in [7, 11) is -3.44. The van der Waals surface area contributed by atoms with E-state index < -0.39 is 15.7 Å². The lowest BCUT2D eigenvalue weighted by molar-refractivity contribution is 0.597. The average molecular weight is 258 g/mol. The van der Waals surface area contributed by atoms with Gasteiger partial charge in [-0.25, -0.2) is 12.8 Å². The summed E-state index contributed by atoms with van der Waals surface area (Å²) in [5, 5.41) is 0. The summed E-state index contributed by atoms with van der Waals surface area (Å²) in [5.41, 5.74) is 0.591. The Balaban J connectivity index is 2.44. The number of thioether (sulfide) groups is 1. The molecular weight excluding hydrogens is 247 g/mol. The maximum absolute atomic E-state index is 13.0. The molecule has 16 heavy (non-hydrogen) atoms. The van der Waals surface area contributed by atoms with Crippen LogP contribution in [0.1, 0.15) is 12.5 Å². The van der Waals surface area contributed by atoms with Gasteiger partial charge in [-0.1, -0.05) is 13.0 Å². The van der Waals surface area contributed by atoms with Crippen molar-refractivity contribution in [3.63, 3.8) is 0 Å². The maximum Gasteiger partial charge on any atom is 0.204 e. The van der Waals surface area contributed by atoms with Crippen LogP contribution in [-0.4, -0.2) is 19.9 Å². The second kappa shape index (κ2) is 4.22. The summed E-state index contributed by atoms with van der Waals surface area (Å²) in [6.45, 7) is 1.97. The van der Waals surface area contributed by atoms with Crippen LogP contribution in [0.15, 0.2) is 28.0 Å². The summed E-state index contributed by atoms with van der Waals surface area (Å²) in [6, 6.07) is 3.87. The van der Waals surface area contributed by atoms with Crippen molar-refractivity contribution in [2.75, 3.05) is 11.5 Å². The number of halogens is 1. The fraction of sp³-hybridized carbons (Fsp3) is 0.273. The topological polar surface area (TPSA) is 34.1 Å². The van der Waals surface area contributed by atoms with Gasteiger partial charge in [-0.05, 0) is 29.5 Å². The van der Waals surface area contributed by atoms with E-state index in [2.05, 4.69) is 0 Å². The van der Waals surface area contributed by atoms with Gasteiger partial charge in [0.2, 0.25) is 9.84 Å². The minimum Gasteiger partial charge on any atom is -0.219 e. The predicted molar refractivity (Wildman–Crippen MR) is 64.6 cm³/mol. The Bertz CT molecular complexity index is 547. The number of rotatable bonds is 3. The molecule has 0 saturated heterocycles. The summed E-state index contributed by atoms with van der Waals surface area (Å²) in [4.78, 5) is 0.471. The molecule has 0 fully saturated rings. The largest absolute Gasteiger partial charge is 0.219 e. The van der Waals surface area contributed by atoms with Gasteiger partial charge in [0.1, 0.15) is 5.82 Å². The van der Waals surface area contributed by atoms with Crippen molar-refractivity contribution < 1.29 is 12.8 Å². The zero-order chi connectivity index (χ0) is 11.8. The molecule has 1 aliphatic heterocycles. The molecule has 1 heterocycles. The fourth-order valence-corrected chi connectivity index (χ4v) is 4.20. The van der Waals surface area contributed by atoms with Gasteiger partial charge in [-0.3, -0.25) is 0 Å². The number of hydrogen-bond donors (Lipinski definition) is 0. The van der Waals surface area contributed by atoms with Gasteiger partial charge in [-0.2, -0.15) is 11.8 Å². The predicted octanol–water partition coefficient (Wildman–Crippen LogP) is 2.71. The highest BCUT2D eigenvalue weighted by molar-refractivity contribution is 8.02. The van der Waals surface area contributed by atoms with E-state index in [0.29, 0.717) is 16.2 Å². The van der Waals surface area contributed by atoms with Gasteiger partial charge >= 0.3 is 0 Å². The zero-order valence-corrected chi connectivity index (χ0v) is 10.4. The fourth-order valence-electron chi connectivity index (χ4n) is 1.57. The van der Waals surface area contributed by atoms with Crippen LogP contribution in [0.4, 0.5) is 4.39 Å². The van der Waals surface area contributed by atoms with Crippen molar-refractivity contribution in [1.82, 2.24) is 0 Å². The highest BCUT2D eigenvalue weighted by atomic mass is 32.2. The SMILES string of the molecule is CCSCC1=Cc2ccc(F)cc2S1(=O)=O. The molecule has 5 heteroatoms. The van der Waals surface area contributed by atoms with Crippen LogP contribution in [-0.2, 0) is 9.84 Å². The monoisotopic (exact) mass is 258 g/mol. The molecule has 0 amide bonds. The third-order valence-electron chi connectivity index (χ3n) is 2.38. The molecule has 0 aliphatic carbocycles. The molecule has 86 valence electrons. The number of fused-ring (bicyclic) bond motifs is 1. The third-order valence-corrected chi connectivity index (χ3v) is 5.37. The first kappa shape index (κ1) is 11.7. The normalized spacial score (nSPS) is 17.0. The first-order valence-electron chi connectivity index (χ1n) is 4.88. The molecular formula is C11H11FO2S2. The van der Waals surface area contributed by atoms with E-state index in [1.165, 1.54) is 12.1 Å². The molecule has 2 rings (SSSR count). The van der Waals surface area contributed by atoms with Crippen molar-refractivity contribution in [1.29, 1.82) is 0 Å². The van der Waals surface area contributed by atoms with Crippen LogP contribution in [0.25, 0.3) is 6.08 Å². The third kappa shape index (κ3) is 1.89. The van der Waals surface area contributed by atoms with Crippen LogP contribution in [0, 0.1) is 5.82 Å². The highest BCUT2D eigenvalue weighted by Crippen LogP contribution is 2.34. The molecule has 2 nitrogen and oxygen atoms in total. The quantitative estimate of drug-likeness (QED) is 0.836. The van der Waals surface area contributed by atoms with Crippen LogP contribution < -0.4 is 0 Å². The van der Waals surface area contributed by atoms with E-state index in [-0.39, 0.29) is 4.90 Å². The Morgan fingerprint density at radius 2 is 2.12 bits per heavy atom. The zero-order valence-electron chi connectivity index (χ0n) is 8.73. The van der Waals surface area contributed by atoms with Crippen molar-refractivity contribution >= 4 is 27.7 Å². The lowest BCUT2D eigenvalue weighted by Crippen LogP contribution is -2.03. The molecule has 1 aliphatic rings. The van der Waals surface area contributed by atoms with Gasteiger partial charge in [0.15, 0.2) is 0 Å². The lowest BCUT2D eigenvalue weighted by atomic mass is 10.2. The Labute approximate surface area is 98.5 Å². The van der Waals surface area contributed by atoms with Crippen molar-refractivity contribution in [3.05, 3.63) is 34.5 Å². The second-order valence-corrected chi connectivity index (χ2v) is 6.68. The molecule has 0 unspecified atom stereocenters. The van der Waals surface area contributed by atoms with Crippen LogP contribution in [0.5, 0.6) is 0 Å². The Hall–Kier alpha value is -0.810. The van der Waals surface area contributed by atoms with E-state index in [1.54, 1.807) is 17.8 Å². The highest BCUT2D eigenvalue weighted by Gasteiger charge is 2.29. The van der Waals surface area contributed by atoms with Crippen LogP contribution >= 0.6 is 11.8 Å². The number of hydrogen-bond acceptors (Lipinski definition) is 3. The molecule has 0 saturated carbocycles. The molecule has 0 bridgehead atoms. The molecule has 0 atom stereocenters. The smallest absolute Gasteiger partial charge is 0.204 e. The van der Waals surface area contributed by atoms with Gasteiger partial charge in [0.05, 0.1) is 9.80 Å². The standard InChI is InChI=1S/C11H11FO2S2/c1-2-15-7-10-5-8-3-4-9(12)6-11(8)16(10,13)14/h3-6H,2,7H2,1H3. The molecule has 1 aromatic carbocycles. The number of benzene rings is 1. The summed E-state index contributed by atoms with van der Waals surface area (Å²) in [6.07, 6.45) is 1.63. The van der Waals surface area contributed by atoms with Gasteiger partial charge in [0.25, 0.3) is 0 Å². The average Bonchev–Trinajstić information content (AvgIpc) is 2.48. The molecule has 0 N–H and O–H groups in total. The second-order valence-electron chi connectivity index (χ2n) is 3.43. The van der Waals surface area contributed by atoms with E-state index in [9.17, 15) is 12.8 Å². The number of sulfone groups is 1. The van der Waals surface area contributed by atoms with Crippen molar-refractivity contribution in [3.8, 4) is 0 Å². The minimum absolute atomic E-state index is 0.0965. The summed E-state index contributed by atoms with van der Waals surface area (Å²) >= 11 is 1.54. The summed E-state index contributed by atoms with van der Waals surface area (Å²) in [5.74, 6) is 0.798. The maximum atomic E-state index is 13.0. The molecule has 0 aromatic heterocycles. The minimum atomic E-state index is -3.44. The summed E-state index contributed by atoms with van der Waals surface area (Å²) < 4.78 is 37.0. The van der Waals surface area contributed by atoms with E-state index in [0.717, 1.165) is 11.8 Å². The van der Waals surface area contributed by atoms with E-state index in [1.807, 2.05) is 6.92 Å². The van der Waals surface area contributed by atoms with Gasteiger partial charge in [-0.15, -0.1) is 0 Å². The van der Waals surface area contributed by atoms with E-state index >= 15 is 0 Å². The van der Waals surface area contributed by atoms with E-state index in [4.69, 9.17) is 0 Å². The molecule has 0 spiro atoms. The van der Waals surface area contributed by atoms with Crippen LogP contribution in [0.3, 0.4) is 0 Å². The van der Waals surface area contributed by atoms with Crippen molar-refractivity contribution in [2.45, 2.75) is 11.8 Å². The van der Waals surface area contributed by atoms with Crippen LogP contribution in [0.2, 0.25) is 0 Å². The molecule has 0 radical (unpaired) electrons. The lowest BCUT2D eigenvalue weighted by Gasteiger charge is -2.02. The Kier molecular flexibility index (Phi) is 3.08. The van der Waals surface area contributed by atoms with Gasteiger partial charge < -0.3 is 0 Å². The first-order valence-corrected chi connectivity index (χ1v) is 7.52. The Morgan fingerprint density at radius 1 is 1.38 bits per heavy atom.